The Morgan fingerprint density at radius 3 is 2.15 bits per heavy atom. The first kappa shape index (κ1) is 12.9. The summed E-state index contributed by atoms with van der Waals surface area (Å²) in [5.74, 6) is 0. The van der Waals surface area contributed by atoms with Gasteiger partial charge < -0.3 is 0 Å². The Morgan fingerprint density at radius 1 is 1.31 bits per heavy atom. The van der Waals surface area contributed by atoms with Crippen LogP contribution in [0.25, 0.3) is 0 Å². The topological polar surface area (TPSA) is 3.24 Å². The van der Waals surface area contributed by atoms with E-state index in [0.717, 1.165) is 19.4 Å². The number of alkyl halides is 1. The molecule has 0 radical (unpaired) electrons. The fraction of sp³-hybridized carbons (Fsp3) is 1.00. The van der Waals surface area contributed by atoms with Crippen molar-refractivity contribution >= 4 is 0 Å². The second kappa shape index (κ2) is 5.58. The molecule has 1 aliphatic heterocycles. The number of rotatable bonds is 1. The standard InChI is InChI=1S/C9H18FN.C2H6/c1-8(2)11-6-4-5-9(3,10)7-11;1-2/h8H,4-7H2,1-3H3;1-2H3. The molecule has 1 fully saturated rings. The average molecular weight is 189 g/mol. The van der Waals surface area contributed by atoms with Gasteiger partial charge in [0.25, 0.3) is 0 Å². The van der Waals surface area contributed by atoms with Crippen molar-refractivity contribution in [3.05, 3.63) is 0 Å². The third kappa shape index (κ3) is 4.61. The molecular weight excluding hydrogens is 165 g/mol. The minimum atomic E-state index is -0.942. The van der Waals surface area contributed by atoms with Crippen LogP contribution >= 0.6 is 0 Å². The van der Waals surface area contributed by atoms with Crippen LogP contribution in [0, 0.1) is 0 Å². The molecule has 1 rings (SSSR count). The number of halogens is 1. The third-order valence-corrected chi connectivity index (χ3v) is 2.41. The number of hydrogen-bond donors (Lipinski definition) is 0. The first-order chi connectivity index (χ1) is 6.01. The molecule has 0 aromatic heterocycles. The Balaban J connectivity index is 0.000000671. The molecule has 1 saturated heterocycles. The van der Waals surface area contributed by atoms with Crippen LogP contribution in [-0.4, -0.2) is 29.7 Å². The van der Waals surface area contributed by atoms with Crippen LogP contribution in [0.2, 0.25) is 0 Å². The molecule has 0 amide bonds. The van der Waals surface area contributed by atoms with Gasteiger partial charge in [-0.05, 0) is 40.2 Å². The molecule has 1 heterocycles. The molecule has 0 aromatic carbocycles. The highest BCUT2D eigenvalue weighted by Crippen LogP contribution is 2.25. The van der Waals surface area contributed by atoms with Crippen molar-refractivity contribution < 1.29 is 4.39 Å². The van der Waals surface area contributed by atoms with E-state index >= 15 is 0 Å². The minimum Gasteiger partial charge on any atom is -0.298 e. The maximum atomic E-state index is 13.4. The van der Waals surface area contributed by atoms with Crippen LogP contribution in [0.3, 0.4) is 0 Å². The fourth-order valence-corrected chi connectivity index (χ4v) is 1.67. The lowest BCUT2D eigenvalue weighted by Crippen LogP contribution is -2.46. The lowest BCUT2D eigenvalue weighted by molar-refractivity contribution is 0.0435. The highest BCUT2D eigenvalue weighted by Gasteiger charge is 2.31. The number of piperidine rings is 1. The molecule has 0 bridgehead atoms. The second-order valence-corrected chi connectivity index (χ2v) is 4.08. The summed E-state index contributed by atoms with van der Waals surface area (Å²) in [6, 6.07) is 0.491. The molecule has 13 heavy (non-hydrogen) atoms. The van der Waals surface area contributed by atoms with E-state index in [1.165, 1.54) is 0 Å². The predicted molar refractivity (Wildman–Crippen MR) is 56.8 cm³/mol. The van der Waals surface area contributed by atoms with Crippen molar-refractivity contribution in [1.82, 2.24) is 4.90 Å². The molecule has 0 aromatic rings. The molecule has 0 N–H and O–H groups in total. The molecule has 1 nitrogen and oxygen atoms in total. The summed E-state index contributed by atoms with van der Waals surface area (Å²) < 4.78 is 13.4. The Morgan fingerprint density at radius 2 is 1.85 bits per heavy atom. The third-order valence-electron chi connectivity index (χ3n) is 2.41. The van der Waals surface area contributed by atoms with Gasteiger partial charge in [0, 0.05) is 12.6 Å². The Kier molecular flexibility index (Phi) is 5.54. The molecular formula is C11H24FN. The fourth-order valence-electron chi connectivity index (χ4n) is 1.67. The lowest BCUT2D eigenvalue weighted by atomic mass is 9.96. The maximum Gasteiger partial charge on any atom is 0.120 e. The Hall–Kier alpha value is -0.110. The van der Waals surface area contributed by atoms with Crippen molar-refractivity contribution in [2.45, 2.75) is 59.2 Å². The number of hydrogen-bond acceptors (Lipinski definition) is 1. The van der Waals surface area contributed by atoms with Gasteiger partial charge in [0.05, 0.1) is 0 Å². The van der Waals surface area contributed by atoms with E-state index in [0.29, 0.717) is 12.6 Å². The van der Waals surface area contributed by atoms with Crippen LogP contribution < -0.4 is 0 Å². The first-order valence-corrected chi connectivity index (χ1v) is 5.44. The first-order valence-electron chi connectivity index (χ1n) is 5.44. The van der Waals surface area contributed by atoms with Gasteiger partial charge in [0.1, 0.15) is 5.67 Å². The summed E-state index contributed by atoms with van der Waals surface area (Å²) in [6.07, 6.45) is 1.74. The van der Waals surface area contributed by atoms with E-state index in [1.807, 2.05) is 13.8 Å². The summed E-state index contributed by atoms with van der Waals surface area (Å²) in [6.45, 7) is 11.6. The Bertz CT molecular complexity index is 132. The van der Waals surface area contributed by atoms with Crippen molar-refractivity contribution in [3.63, 3.8) is 0 Å². The van der Waals surface area contributed by atoms with E-state index < -0.39 is 5.67 Å². The van der Waals surface area contributed by atoms with E-state index in [-0.39, 0.29) is 0 Å². The second-order valence-electron chi connectivity index (χ2n) is 4.08. The van der Waals surface area contributed by atoms with Crippen LogP contribution in [-0.2, 0) is 0 Å². The molecule has 0 spiro atoms. The highest BCUT2D eigenvalue weighted by molar-refractivity contribution is 4.84. The maximum absolute atomic E-state index is 13.4. The van der Waals surface area contributed by atoms with E-state index in [9.17, 15) is 4.39 Å². The summed E-state index contributed by atoms with van der Waals surface area (Å²) in [5.41, 5.74) is -0.942. The largest absolute Gasteiger partial charge is 0.298 e. The Labute approximate surface area is 82.3 Å². The summed E-state index contributed by atoms with van der Waals surface area (Å²) >= 11 is 0. The average Bonchev–Trinajstić information content (AvgIpc) is 2.06. The van der Waals surface area contributed by atoms with E-state index in [4.69, 9.17) is 0 Å². The number of likely N-dealkylation sites (tertiary alicyclic amines) is 1. The van der Waals surface area contributed by atoms with Gasteiger partial charge in [-0.15, -0.1) is 0 Å². The molecule has 0 aliphatic carbocycles. The predicted octanol–water partition coefficient (Wildman–Crippen LogP) is 3.25. The van der Waals surface area contributed by atoms with Gasteiger partial charge in [-0.3, -0.25) is 4.90 Å². The normalized spacial score (nSPS) is 29.8. The van der Waals surface area contributed by atoms with Gasteiger partial charge in [0.2, 0.25) is 0 Å². The van der Waals surface area contributed by atoms with Gasteiger partial charge in [-0.1, -0.05) is 13.8 Å². The van der Waals surface area contributed by atoms with Crippen LogP contribution in [0.15, 0.2) is 0 Å². The molecule has 1 atom stereocenters. The van der Waals surface area contributed by atoms with E-state index in [2.05, 4.69) is 18.7 Å². The van der Waals surface area contributed by atoms with Crippen molar-refractivity contribution in [3.8, 4) is 0 Å². The van der Waals surface area contributed by atoms with Crippen LogP contribution in [0.5, 0.6) is 0 Å². The van der Waals surface area contributed by atoms with Crippen molar-refractivity contribution in [2.75, 3.05) is 13.1 Å². The summed E-state index contributed by atoms with van der Waals surface area (Å²) in [5, 5.41) is 0. The smallest absolute Gasteiger partial charge is 0.120 e. The van der Waals surface area contributed by atoms with Crippen LogP contribution in [0.1, 0.15) is 47.5 Å². The SMILES string of the molecule is CC.CC(C)N1CCCC(C)(F)C1. The minimum absolute atomic E-state index is 0.491. The zero-order chi connectivity index (χ0) is 10.5. The van der Waals surface area contributed by atoms with E-state index in [1.54, 1.807) is 6.92 Å². The molecule has 0 saturated carbocycles. The molecule has 2 heteroatoms. The van der Waals surface area contributed by atoms with Gasteiger partial charge >= 0.3 is 0 Å². The zero-order valence-electron chi connectivity index (χ0n) is 9.73. The quantitative estimate of drug-likeness (QED) is 0.612. The monoisotopic (exact) mass is 189 g/mol. The zero-order valence-corrected chi connectivity index (χ0v) is 9.73. The summed E-state index contributed by atoms with van der Waals surface area (Å²) in [7, 11) is 0. The van der Waals surface area contributed by atoms with Gasteiger partial charge in [-0.25, -0.2) is 4.39 Å². The summed E-state index contributed by atoms with van der Waals surface area (Å²) in [4.78, 5) is 2.21. The van der Waals surface area contributed by atoms with Gasteiger partial charge in [0.15, 0.2) is 0 Å². The molecule has 1 unspecified atom stereocenters. The molecule has 1 aliphatic rings. The number of nitrogens with zero attached hydrogens (tertiary/aromatic N) is 1. The van der Waals surface area contributed by atoms with Crippen molar-refractivity contribution in [2.24, 2.45) is 0 Å². The van der Waals surface area contributed by atoms with Crippen LogP contribution in [0.4, 0.5) is 4.39 Å². The van der Waals surface area contributed by atoms with Crippen molar-refractivity contribution in [1.29, 1.82) is 0 Å². The molecule has 80 valence electrons. The lowest BCUT2D eigenvalue weighted by Gasteiger charge is -2.37. The van der Waals surface area contributed by atoms with Gasteiger partial charge in [-0.2, -0.15) is 0 Å². The highest BCUT2D eigenvalue weighted by atomic mass is 19.1.